The van der Waals surface area contributed by atoms with E-state index in [0.717, 1.165) is 19.3 Å². The number of benzene rings is 1. The summed E-state index contributed by atoms with van der Waals surface area (Å²) in [7, 11) is 1.32. The predicted octanol–water partition coefficient (Wildman–Crippen LogP) is 4.27. The Morgan fingerprint density at radius 1 is 1.46 bits per heavy atom. The van der Waals surface area contributed by atoms with Crippen LogP contribution in [0.5, 0.6) is 0 Å². The fourth-order valence-electron chi connectivity index (χ4n) is 2.69. The smallest absolute Gasteiger partial charge is 0.337 e. The van der Waals surface area contributed by atoms with Crippen LogP contribution >= 0.6 is 35.0 Å². The number of hydrogen-bond acceptors (Lipinski definition) is 5. The van der Waals surface area contributed by atoms with Crippen LogP contribution in [0.25, 0.3) is 10.9 Å². The Morgan fingerprint density at radius 3 is 2.81 bits per heavy atom. The molecule has 0 unspecified atom stereocenters. The third-order valence-electron chi connectivity index (χ3n) is 4.45. The topological polar surface area (TPSA) is 61.2 Å². The Hall–Kier alpha value is -1.24. The molecule has 0 bridgehead atoms. The van der Waals surface area contributed by atoms with Crippen LogP contribution in [0.4, 0.5) is 0 Å². The van der Waals surface area contributed by atoms with Crippen molar-refractivity contribution in [1.82, 2.24) is 9.55 Å². The lowest BCUT2D eigenvalue weighted by atomic mass is 10.1. The van der Waals surface area contributed by atoms with Crippen molar-refractivity contribution in [2.75, 3.05) is 12.9 Å². The summed E-state index contributed by atoms with van der Waals surface area (Å²) in [6, 6.07) is 4.83. The number of carbonyl (C=O) groups is 1. The molecule has 1 fully saturated rings. The molecule has 8 heteroatoms. The summed E-state index contributed by atoms with van der Waals surface area (Å²) in [5.41, 5.74) is 0.769. The Kier molecular flexibility index (Phi) is 5.85. The molecule has 0 saturated heterocycles. The molecular weight excluding hydrogens is 395 g/mol. The second-order valence-corrected chi connectivity index (χ2v) is 8.93. The fraction of sp³-hybridized carbons (Fsp3) is 0.500. The van der Waals surface area contributed by atoms with Crippen LogP contribution < -0.4 is 5.56 Å². The first kappa shape index (κ1) is 19.5. The van der Waals surface area contributed by atoms with Gasteiger partial charge in [-0.1, -0.05) is 25.1 Å². The van der Waals surface area contributed by atoms with Gasteiger partial charge in [-0.3, -0.25) is 9.36 Å². The molecule has 0 radical (unpaired) electrons. The van der Waals surface area contributed by atoms with Crippen LogP contribution in [0.15, 0.2) is 28.2 Å². The molecule has 1 aliphatic carbocycles. The van der Waals surface area contributed by atoms with E-state index in [9.17, 15) is 9.59 Å². The molecule has 0 spiro atoms. The van der Waals surface area contributed by atoms with E-state index in [4.69, 9.17) is 27.9 Å². The first-order valence-electron chi connectivity index (χ1n) is 8.51. The zero-order valence-corrected chi connectivity index (χ0v) is 17.0. The van der Waals surface area contributed by atoms with E-state index >= 15 is 0 Å². The standard InChI is InChI=1S/C18H20Cl2N2O3S/c1-3-4-7-22-15(23)13-6-5-11(16(24)25-2)8-14(13)21-17(22)26-10-12-9-18(12,19)20/h5-6,8,12H,3-4,7,9-10H2,1-2H3/t12-/m0/s1. The number of aromatic nitrogens is 2. The molecule has 3 rings (SSSR count). The first-order chi connectivity index (χ1) is 12.4. The summed E-state index contributed by atoms with van der Waals surface area (Å²) in [5.74, 6) is 0.447. The van der Waals surface area contributed by atoms with E-state index in [1.54, 1.807) is 22.8 Å². The minimum atomic E-state index is -0.656. The molecule has 1 heterocycles. The van der Waals surface area contributed by atoms with Crippen LogP contribution in [0.3, 0.4) is 0 Å². The maximum absolute atomic E-state index is 12.9. The number of rotatable bonds is 7. The van der Waals surface area contributed by atoms with Gasteiger partial charge in [0.25, 0.3) is 5.56 Å². The van der Waals surface area contributed by atoms with E-state index in [1.807, 2.05) is 0 Å². The van der Waals surface area contributed by atoms with Crippen LogP contribution in [-0.2, 0) is 11.3 Å². The molecule has 0 aliphatic heterocycles. The number of nitrogens with zero attached hydrogens (tertiary/aromatic N) is 2. The van der Waals surface area contributed by atoms with Crippen molar-refractivity contribution in [2.45, 2.75) is 42.2 Å². The SMILES string of the molecule is CCCCn1c(SC[C@@H]2CC2(Cl)Cl)nc2cc(C(=O)OC)ccc2c1=O. The minimum Gasteiger partial charge on any atom is -0.465 e. The highest BCUT2D eigenvalue weighted by atomic mass is 35.5. The van der Waals surface area contributed by atoms with Gasteiger partial charge < -0.3 is 4.74 Å². The van der Waals surface area contributed by atoms with Gasteiger partial charge in [-0.15, -0.1) is 23.2 Å². The summed E-state index contributed by atoms with van der Waals surface area (Å²) in [6.45, 7) is 2.69. The van der Waals surface area contributed by atoms with Gasteiger partial charge in [0.15, 0.2) is 5.16 Å². The Morgan fingerprint density at radius 2 is 2.19 bits per heavy atom. The van der Waals surface area contributed by atoms with Crippen molar-refractivity contribution in [3.63, 3.8) is 0 Å². The summed E-state index contributed by atoms with van der Waals surface area (Å²) in [5, 5.41) is 1.13. The van der Waals surface area contributed by atoms with Crippen molar-refractivity contribution in [3.8, 4) is 0 Å². The first-order valence-corrected chi connectivity index (χ1v) is 10.2. The number of methoxy groups -OCH3 is 1. The van der Waals surface area contributed by atoms with Crippen molar-refractivity contribution in [3.05, 3.63) is 34.1 Å². The van der Waals surface area contributed by atoms with E-state index in [0.29, 0.717) is 33.9 Å². The van der Waals surface area contributed by atoms with Crippen LogP contribution in [0.2, 0.25) is 0 Å². The second kappa shape index (κ2) is 7.79. The van der Waals surface area contributed by atoms with Gasteiger partial charge >= 0.3 is 5.97 Å². The highest BCUT2D eigenvalue weighted by molar-refractivity contribution is 7.99. The monoisotopic (exact) mass is 414 g/mol. The van der Waals surface area contributed by atoms with E-state index in [2.05, 4.69) is 11.9 Å². The number of fused-ring (bicyclic) bond motifs is 1. The molecule has 1 aromatic carbocycles. The zero-order chi connectivity index (χ0) is 18.9. The summed E-state index contributed by atoms with van der Waals surface area (Å²) in [6.07, 6.45) is 2.62. The third kappa shape index (κ3) is 4.02. The number of hydrogen-bond donors (Lipinski definition) is 0. The lowest BCUT2D eigenvalue weighted by molar-refractivity contribution is 0.0601. The van der Waals surface area contributed by atoms with Crippen LogP contribution in [0, 0.1) is 5.92 Å². The van der Waals surface area contributed by atoms with Crippen molar-refractivity contribution in [1.29, 1.82) is 0 Å². The van der Waals surface area contributed by atoms with E-state index in [-0.39, 0.29) is 11.5 Å². The normalized spacial score (nSPS) is 18.1. The van der Waals surface area contributed by atoms with Gasteiger partial charge in [0, 0.05) is 18.2 Å². The highest BCUT2D eigenvalue weighted by Gasteiger charge is 2.51. The highest BCUT2D eigenvalue weighted by Crippen LogP contribution is 2.54. The Balaban J connectivity index is 2.00. The van der Waals surface area contributed by atoms with Crippen molar-refractivity contribution >= 4 is 51.8 Å². The predicted molar refractivity (Wildman–Crippen MR) is 106 cm³/mol. The quantitative estimate of drug-likeness (QED) is 0.293. The lowest BCUT2D eigenvalue weighted by Gasteiger charge is -2.13. The molecule has 140 valence electrons. The Bertz CT molecular complexity index is 898. The maximum atomic E-state index is 12.9. The van der Waals surface area contributed by atoms with E-state index < -0.39 is 10.3 Å². The van der Waals surface area contributed by atoms with Gasteiger partial charge in [0.1, 0.15) is 4.33 Å². The number of carbonyl (C=O) groups excluding carboxylic acids is 1. The molecule has 0 amide bonds. The molecule has 0 N–H and O–H groups in total. The molecular formula is C18H20Cl2N2O3S. The number of alkyl halides is 2. The van der Waals surface area contributed by atoms with Crippen molar-refractivity contribution in [2.24, 2.45) is 5.92 Å². The lowest BCUT2D eigenvalue weighted by Crippen LogP contribution is -2.24. The molecule has 5 nitrogen and oxygen atoms in total. The van der Waals surface area contributed by atoms with Crippen LogP contribution in [0.1, 0.15) is 36.5 Å². The third-order valence-corrected chi connectivity index (χ3v) is 6.51. The Labute approximate surface area is 166 Å². The van der Waals surface area contributed by atoms with Gasteiger partial charge in [-0.05, 0) is 31.0 Å². The molecule has 1 saturated carbocycles. The van der Waals surface area contributed by atoms with Crippen LogP contribution in [-0.4, -0.2) is 32.7 Å². The minimum absolute atomic E-state index is 0.0961. The van der Waals surface area contributed by atoms with Gasteiger partial charge in [-0.2, -0.15) is 0 Å². The number of ether oxygens (including phenoxy) is 1. The molecule has 1 atom stereocenters. The van der Waals surface area contributed by atoms with Gasteiger partial charge in [0.05, 0.1) is 23.6 Å². The fourth-order valence-corrected chi connectivity index (χ4v) is 4.65. The zero-order valence-electron chi connectivity index (χ0n) is 14.6. The van der Waals surface area contributed by atoms with Gasteiger partial charge in [-0.25, -0.2) is 9.78 Å². The maximum Gasteiger partial charge on any atom is 0.337 e. The van der Waals surface area contributed by atoms with Crippen molar-refractivity contribution < 1.29 is 9.53 Å². The number of thioether (sulfide) groups is 1. The van der Waals surface area contributed by atoms with E-state index in [1.165, 1.54) is 18.9 Å². The average molecular weight is 415 g/mol. The molecule has 1 aliphatic rings. The summed E-state index contributed by atoms with van der Waals surface area (Å²) >= 11 is 13.7. The summed E-state index contributed by atoms with van der Waals surface area (Å²) in [4.78, 5) is 29.3. The molecule has 2 aromatic rings. The number of halogens is 2. The van der Waals surface area contributed by atoms with Gasteiger partial charge in [0.2, 0.25) is 0 Å². The number of esters is 1. The summed E-state index contributed by atoms with van der Waals surface area (Å²) < 4.78 is 5.80. The average Bonchev–Trinajstić information content (AvgIpc) is 3.24. The molecule has 26 heavy (non-hydrogen) atoms. The second-order valence-electron chi connectivity index (χ2n) is 6.40. The number of unbranched alkanes of at least 4 members (excludes halogenated alkanes) is 1. The largest absolute Gasteiger partial charge is 0.465 e. The molecule has 1 aromatic heterocycles.